The quantitative estimate of drug-likeness (QED) is 0.869. The number of halogens is 1. The molecular formula is C18H19ClN2O3S. The summed E-state index contributed by atoms with van der Waals surface area (Å²) in [4.78, 5) is 14.4. The highest BCUT2D eigenvalue weighted by molar-refractivity contribution is 7.89. The molecule has 25 heavy (non-hydrogen) atoms. The molecule has 2 aromatic rings. The van der Waals surface area contributed by atoms with Gasteiger partial charge in [0.15, 0.2) is 0 Å². The molecule has 7 heteroatoms. The van der Waals surface area contributed by atoms with Gasteiger partial charge in [-0.3, -0.25) is 4.79 Å². The fourth-order valence-electron chi connectivity index (χ4n) is 2.81. The summed E-state index contributed by atoms with van der Waals surface area (Å²) in [5.41, 5.74) is 1.32. The molecule has 1 amide bonds. The molecule has 1 aliphatic heterocycles. The second-order valence-corrected chi connectivity index (χ2v) is 8.18. The zero-order valence-corrected chi connectivity index (χ0v) is 15.2. The average molecular weight is 379 g/mol. The summed E-state index contributed by atoms with van der Waals surface area (Å²) in [6.07, 6.45) is 2.07. The van der Waals surface area contributed by atoms with Gasteiger partial charge < -0.3 is 4.90 Å². The Kier molecular flexibility index (Phi) is 5.42. The molecule has 0 bridgehead atoms. The summed E-state index contributed by atoms with van der Waals surface area (Å²) >= 11 is 5.85. The minimum Gasteiger partial charge on any atom is -0.339 e. The van der Waals surface area contributed by atoms with Crippen molar-refractivity contribution < 1.29 is 13.2 Å². The first kappa shape index (κ1) is 17.9. The number of nitrogens with zero attached hydrogens (tertiary/aromatic N) is 1. The minimum absolute atomic E-state index is 0.00273. The molecule has 1 aliphatic rings. The second kappa shape index (κ2) is 7.56. The lowest BCUT2D eigenvalue weighted by atomic mass is 10.1. The van der Waals surface area contributed by atoms with E-state index in [1.54, 1.807) is 36.4 Å². The molecular weight excluding hydrogens is 360 g/mol. The van der Waals surface area contributed by atoms with Crippen LogP contribution in [0.15, 0.2) is 53.4 Å². The summed E-state index contributed by atoms with van der Waals surface area (Å²) in [7, 11) is -3.66. The lowest BCUT2D eigenvalue weighted by Gasteiger charge is -2.15. The van der Waals surface area contributed by atoms with E-state index in [2.05, 4.69) is 4.72 Å². The Balaban J connectivity index is 1.71. The maximum atomic E-state index is 12.4. The summed E-state index contributed by atoms with van der Waals surface area (Å²) < 4.78 is 27.2. The van der Waals surface area contributed by atoms with Crippen LogP contribution in [0.3, 0.4) is 0 Å². The molecule has 5 nitrogen and oxygen atoms in total. The first-order chi connectivity index (χ1) is 12.0. The van der Waals surface area contributed by atoms with Crippen molar-refractivity contribution in [1.82, 2.24) is 9.62 Å². The normalized spacial score (nSPS) is 14.7. The van der Waals surface area contributed by atoms with Gasteiger partial charge in [-0.15, -0.1) is 0 Å². The van der Waals surface area contributed by atoms with E-state index in [9.17, 15) is 13.2 Å². The van der Waals surface area contributed by atoms with Crippen molar-refractivity contribution in [3.8, 4) is 0 Å². The Bertz CT molecular complexity index is 877. The molecule has 0 spiro atoms. The maximum absolute atomic E-state index is 12.4. The van der Waals surface area contributed by atoms with Gasteiger partial charge in [-0.25, -0.2) is 13.1 Å². The van der Waals surface area contributed by atoms with E-state index in [-0.39, 0.29) is 17.3 Å². The second-order valence-electron chi connectivity index (χ2n) is 5.98. The van der Waals surface area contributed by atoms with Crippen molar-refractivity contribution in [3.05, 3.63) is 64.7 Å². The van der Waals surface area contributed by atoms with Crippen LogP contribution in [0.2, 0.25) is 5.02 Å². The summed E-state index contributed by atoms with van der Waals surface area (Å²) in [5, 5.41) is 0.362. The maximum Gasteiger partial charge on any atom is 0.253 e. The molecule has 0 radical (unpaired) electrons. The fraction of sp³-hybridized carbons (Fsp3) is 0.278. The Morgan fingerprint density at radius 1 is 1.08 bits per heavy atom. The fourth-order valence-corrected chi connectivity index (χ4v) is 4.13. The Labute approximate surface area is 152 Å². The third kappa shape index (κ3) is 4.39. The largest absolute Gasteiger partial charge is 0.339 e. The van der Waals surface area contributed by atoms with Crippen molar-refractivity contribution in [2.45, 2.75) is 24.3 Å². The lowest BCUT2D eigenvalue weighted by Crippen LogP contribution is -2.28. The van der Waals surface area contributed by atoms with Crippen molar-refractivity contribution in [1.29, 1.82) is 0 Å². The van der Waals surface area contributed by atoms with E-state index >= 15 is 0 Å². The first-order valence-electron chi connectivity index (χ1n) is 8.09. The molecule has 1 N–H and O–H groups in total. The topological polar surface area (TPSA) is 66.5 Å². The first-order valence-corrected chi connectivity index (χ1v) is 9.95. The molecule has 1 fully saturated rings. The highest BCUT2D eigenvalue weighted by atomic mass is 35.5. The van der Waals surface area contributed by atoms with Crippen LogP contribution in [-0.2, 0) is 16.6 Å². The van der Waals surface area contributed by atoms with Crippen LogP contribution < -0.4 is 4.72 Å². The highest BCUT2D eigenvalue weighted by Gasteiger charge is 2.20. The van der Waals surface area contributed by atoms with Crippen LogP contribution in [0.5, 0.6) is 0 Å². The molecule has 0 unspecified atom stereocenters. The number of carbonyl (C=O) groups is 1. The molecule has 3 rings (SSSR count). The van der Waals surface area contributed by atoms with Crippen molar-refractivity contribution in [2.75, 3.05) is 13.1 Å². The van der Waals surface area contributed by atoms with Gasteiger partial charge in [-0.05, 0) is 48.7 Å². The van der Waals surface area contributed by atoms with Gasteiger partial charge in [0.1, 0.15) is 0 Å². The average Bonchev–Trinajstić information content (AvgIpc) is 3.14. The van der Waals surface area contributed by atoms with Crippen LogP contribution in [0.4, 0.5) is 0 Å². The Morgan fingerprint density at radius 2 is 1.80 bits per heavy atom. The van der Waals surface area contributed by atoms with Crippen LogP contribution in [0.1, 0.15) is 28.8 Å². The van der Waals surface area contributed by atoms with E-state index in [1.165, 1.54) is 12.1 Å². The Hall–Kier alpha value is -1.89. The van der Waals surface area contributed by atoms with Gasteiger partial charge in [-0.1, -0.05) is 29.8 Å². The Morgan fingerprint density at radius 3 is 2.52 bits per heavy atom. The number of benzene rings is 2. The highest BCUT2D eigenvalue weighted by Crippen LogP contribution is 2.17. The van der Waals surface area contributed by atoms with Gasteiger partial charge in [0.05, 0.1) is 4.90 Å². The number of hydrogen-bond donors (Lipinski definition) is 1. The molecule has 1 heterocycles. The van der Waals surface area contributed by atoms with Gasteiger partial charge in [-0.2, -0.15) is 0 Å². The lowest BCUT2D eigenvalue weighted by molar-refractivity contribution is 0.0792. The zero-order chi connectivity index (χ0) is 17.9. The summed E-state index contributed by atoms with van der Waals surface area (Å²) in [6.45, 7) is 1.67. The number of rotatable bonds is 5. The van der Waals surface area contributed by atoms with Crippen LogP contribution in [-0.4, -0.2) is 32.3 Å². The number of nitrogens with one attached hydrogen (secondary N) is 1. The zero-order valence-electron chi connectivity index (χ0n) is 13.6. The predicted molar refractivity (Wildman–Crippen MR) is 97.1 cm³/mol. The standard InChI is InChI=1S/C18H19ClN2O3S/c19-16-7-4-8-17(12-16)25(23,24)20-13-14-5-3-6-15(11-14)18(22)21-9-1-2-10-21/h3-8,11-12,20H,1-2,9-10,13H2. The van der Waals surface area contributed by atoms with Gasteiger partial charge in [0, 0.05) is 30.2 Å². The van der Waals surface area contributed by atoms with Crippen molar-refractivity contribution in [3.63, 3.8) is 0 Å². The van der Waals surface area contributed by atoms with E-state index in [1.807, 2.05) is 4.90 Å². The van der Waals surface area contributed by atoms with Crippen LogP contribution >= 0.6 is 11.6 Å². The predicted octanol–water partition coefficient (Wildman–Crippen LogP) is 3.05. The molecule has 132 valence electrons. The van der Waals surface area contributed by atoms with E-state index in [0.29, 0.717) is 10.6 Å². The van der Waals surface area contributed by atoms with Gasteiger partial charge in [0.25, 0.3) is 5.91 Å². The van der Waals surface area contributed by atoms with E-state index in [0.717, 1.165) is 31.5 Å². The SMILES string of the molecule is O=C(c1cccc(CNS(=O)(=O)c2cccc(Cl)c2)c1)N1CCCC1. The third-order valence-electron chi connectivity index (χ3n) is 4.14. The number of carbonyl (C=O) groups excluding carboxylic acids is 1. The molecule has 0 saturated carbocycles. The van der Waals surface area contributed by atoms with Crippen molar-refractivity contribution in [2.24, 2.45) is 0 Å². The monoisotopic (exact) mass is 378 g/mol. The van der Waals surface area contributed by atoms with Crippen LogP contribution in [0, 0.1) is 0 Å². The molecule has 1 saturated heterocycles. The van der Waals surface area contributed by atoms with E-state index in [4.69, 9.17) is 11.6 Å². The van der Waals surface area contributed by atoms with Gasteiger partial charge in [0.2, 0.25) is 10.0 Å². The number of likely N-dealkylation sites (tertiary alicyclic amines) is 1. The summed E-state index contributed by atoms with van der Waals surface area (Å²) in [5.74, 6) is -0.00273. The number of hydrogen-bond acceptors (Lipinski definition) is 3. The number of amides is 1. The minimum atomic E-state index is -3.66. The van der Waals surface area contributed by atoms with E-state index < -0.39 is 10.0 Å². The molecule has 0 atom stereocenters. The third-order valence-corrected chi connectivity index (χ3v) is 5.77. The summed E-state index contributed by atoms with van der Waals surface area (Å²) in [6, 6.07) is 13.2. The van der Waals surface area contributed by atoms with Gasteiger partial charge >= 0.3 is 0 Å². The molecule has 0 aliphatic carbocycles. The molecule has 2 aromatic carbocycles. The molecule has 0 aromatic heterocycles. The van der Waals surface area contributed by atoms with Crippen LogP contribution in [0.25, 0.3) is 0 Å². The van der Waals surface area contributed by atoms with Crippen molar-refractivity contribution >= 4 is 27.5 Å². The smallest absolute Gasteiger partial charge is 0.253 e. The number of sulfonamides is 1.